The number of thiazole rings is 1. The molecule has 1 aromatic heterocycles. The lowest BCUT2D eigenvalue weighted by Crippen LogP contribution is -2.29. The summed E-state index contributed by atoms with van der Waals surface area (Å²) in [6.07, 6.45) is 3.31. The number of Topliss-reactive ketones (excluding diaryl/α,β-unsaturated/α-hetero) is 1. The number of aliphatic hydroxyl groups is 1. The highest BCUT2D eigenvalue weighted by molar-refractivity contribution is 7.14. The number of aromatic nitrogens is 1. The van der Waals surface area contributed by atoms with Gasteiger partial charge >= 0.3 is 5.91 Å². The molecule has 2 aromatic carbocycles. The minimum absolute atomic E-state index is 0.175. The molecule has 1 atom stereocenters. The number of carbonyl (C=O) groups is 2. The first-order chi connectivity index (χ1) is 16.4. The van der Waals surface area contributed by atoms with Crippen molar-refractivity contribution in [1.82, 2.24) is 4.98 Å². The molecule has 0 saturated carbocycles. The number of hydrogen-bond acceptors (Lipinski definition) is 8. The van der Waals surface area contributed by atoms with Crippen LogP contribution < -0.4 is 9.64 Å². The first-order valence-corrected chi connectivity index (χ1v) is 11.5. The Labute approximate surface area is 199 Å². The molecule has 0 aliphatic carbocycles. The van der Waals surface area contributed by atoms with E-state index in [1.807, 2.05) is 6.92 Å². The molecule has 2 heterocycles. The number of ketones is 1. The molecule has 4 rings (SSSR count). The third-order valence-corrected chi connectivity index (χ3v) is 6.11. The number of nitro groups is 1. The molecule has 0 spiro atoms. The highest BCUT2D eigenvalue weighted by atomic mass is 32.1. The lowest BCUT2D eigenvalue weighted by atomic mass is 9.95. The summed E-state index contributed by atoms with van der Waals surface area (Å²) in [4.78, 5) is 42.3. The van der Waals surface area contributed by atoms with Gasteiger partial charge in [-0.3, -0.25) is 24.6 Å². The van der Waals surface area contributed by atoms with Gasteiger partial charge in [-0.05, 0) is 24.1 Å². The minimum Gasteiger partial charge on any atom is -0.507 e. The molecule has 1 unspecified atom stereocenters. The number of aliphatic hydroxyl groups excluding tert-OH is 1. The number of non-ortho nitro benzene ring substituents is 1. The monoisotopic (exact) mass is 479 g/mol. The van der Waals surface area contributed by atoms with E-state index in [1.54, 1.807) is 35.7 Å². The van der Waals surface area contributed by atoms with Crippen LogP contribution in [0.4, 0.5) is 10.8 Å². The van der Waals surface area contributed by atoms with Crippen LogP contribution in [0.1, 0.15) is 36.9 Å². The second kappa shape index (κ2) is 9.84. The molecule has 0 bridgehead atoms. The predicted octanol–water partition coefficient (Wildman–Crippen LogP) is 4.86. The number of rotatable bonds is 8. The molecule has 3 aromatic rings. The van der Waals surface area contributed by atoms with Crippen LogP contribution in [-0.4, -0.2) is 33.3 Å². The number of anilines is 1. The number of carbonyl (C=O) groups excluding carboxylic acids is 2. The van der Waals surface area contributed by atoms with E-state index in [0.29, 0.717) is 23.5 Å². The maximum atomic E-state index is 13.1. The number of amides is 1. The molecule has 10 heteroatoms. The van der Waals surface area contributed by atoms with E-state index < -0.39 is 28.4 Å². The van der Waals surface area contributed by atoms with Crippen LogP contribution in [0.3, 0.4) is 0 Å². The Morgan fingerprint density at radius 1 is 1.24 bits per heavy atom. The van der Waals surface area contributed by atoms with Gasteiger partial charge in [-0.1, -0.05) is 37.6 Å². The summed E-state index contributed by atoms with van der Waals surface area (Å²) in [5.41, 5.74) is 0.224. The van der Waals surface area contributed by atoms with E-state index >= 15 is 0 Å². The summed E-state index contributed by atoms with van der Waals surface area (Å²) >= 11 is 1.14. The average Bonchev–Trinajstić information content (AvgIpc) is 3.46. The number of unbranched alkanes of at least 4 members (excludes halogenated alkanes) is 1. The van der Waals surface area contributed by atoms with Crippen molar-refractivity contribution >= 4 is 39.6 Å². The van der Waals surface area contributed by atoms with Crippen LogP contribution in [0, 0.1) is 10.1 Å². The van der Waals surface area contributed by atoms with Gasteiger partial charge in [0.25, 0.3) is 11.5 Å². The summed E-state index contributed by atoms with van der Waals surface area (Å²) in [6, 6.07) is 11.2. The van der Waals surface area contributed by atoms with Gasteiger partial charge in [-0.15, -0.1) is 11.3 Å². The SMILES string of the molecule is CCCCOc1cccc(/C(O)=C2\C(=O)C(=O)N(c3nccs3)C2c2cccc([N+](=O)[O-])c2)c1. The first-order valence-electron chi connectivity index (χ1n) is 10.6. The summed E-state index contributed by atoms with van der Waals surface area (Å²) in [7, 11) is 0. The van der Waals surface area contributed by atoms with E-state index in [2.05, 4.69) is 4.98 Å². The molecular weight excluding hydrogens is 458 g/mol. The molecule has 1 saturated heterocycles. The Hall–Kier alpha value is -4.05. The number of benzene rings is 2. The van der Waals surface area contributed by atoms with E-state index in [1.165, 1.54) is 29.3 Å². The second-order valence-electron chi connectivity index (χ2n) is 7.57. The maximum Gasteiger partial charge on any atom is 0.301 e. The quantitative estimate of drug-likeness (QED) is 0.122. The minimum atomic E-state index is -1.09. The van der Waals surface area contributed by atoms with Crippen LogP contribution in [0.15, 0.2) is 65.7 Å². The molecule has 1 aliphatic rings. The summed E-state index contributed by atoms with van der Waals surface area (Å²) in [5, 5.41) is 24.5. The van der Waals surface area contributed by atoms with Crippen molar-refractivity contribution in [2.75, 3.05) is 11.5 Å². The smallest absolute Gasteiger partial charge is 0.301 e. The van der Waals surface area contributed by atoms with Gasteiger partial charge in [-0.25, -0.2) is 4.98 Å². The van der Waals surface area contributed by atoms with Crippen LogP contribution in [0.25, 0.3) is 5.76 Å². The number of nitro benzene ring substituents is 1. The van der Waals surface area contributed by atoms with Gasteiger partial charge in [0.05, 0.1) is 23.1 Å². The largest absolute Gasteiger partial charge is 0.507 e. The lowest BCUT2D eigenvalue weighted by Gasteiger charge is -2.22. The van der Waals surface area contributed by atoms with Crippen LogP contribution >= 0.6 is 11.3 Å². The standard InChI is InChI=1S/C24H21N3O6S/c1-2-3-11-33-18-9-5-7-16(14-18)21(28)19-20(15-6-4-8-17(13-15)27(31)32)26(23(30)22(19)29)24-25-10-12-34-24/h4-10,12-14,20,28H,2-3,11H2,1H3/b21-19+. The molecule has 1 N–H and O–H groups in total. The Balaban J connectivity index is 1.85. The fraction of sp³-hybridized carbons (Fsp3) is 0.208. The first kappa shape index (κ1) is 23.1. The van der Waals surface area contributed by atoms with Crippen molar-refractivity contribution in [1.29, 1.82) is 0 Å². The van der Waals surface area contributed by atoms with Crippen molar-refractivity contribution in [2.45, 2.75) is 25.8 Å². The Kier molecular flexibility index (Phi) is 6.69. The van der Waals surface area contributed by atoms with Gasteiger partial charge in [0.2, 0.25) is 0 Å². The Morgan fingerprint density at radius 3 is 2.74 bits per heavy atom. The number of ether oxygens (including phenoxy) is 1. The third-order valence-electron chi connectivity index (χ3n) is 5.34. The zero-order chi connectivity index (χ0) is 24.2. The highest BCUT2D eigenvalue weighted by Crippen LogP contribution is 2.43. The summed E-state index contributed by atoms with van der Waals surface area (Å²) < 4.78 is 5.70. The van der Waals surface area contributed by atoms with Crippen LogP contribution in [0.5, 0.6) is 5.75 Å². The van der Waals surface area contributed by atoms with Gasteiger partial charge in [0.15, 0.2) is 5.13 Å². The van der Waals surface area contributed by atoms with Gasteiger partial charge in [-0.2, -0.15) is 0 Å². The molecule has 174 valence electrons. The van der Waals surface area contributed by atoms with Gasteiger partial charge < -0.3 is 9.84 Å². The third kappa shape index (κ3) is 4.40. The Morgan fingerprint density at radius 2 is 2.03 bits per heavy atom. The highest BCUT2D eigenvalue weighted by Gasteiger charge is 2.48. The molecule has 1 fully saturated rings. The zero-order valence-corrected chi connectivity index (χ0v) is 19.0. The maximum absolute atomic E-state index is 13.1. The molecule has 34 heavy (non-hydrogen) atoms. The van der Waals surface area contributed by atoms with Crippen LogP contribution in [0.2, 0.25) is 0 Å². The van der Waals surface area contributed by atoms with E-state index in [4.69, 9.17) is 4.74 Å². The molecular formula is C24H21N3O6S. The predicted molar refractivity (Wildman–Crippen MR) is 127 cm³/mol. The molecule has 9 nitrogen and oxygen atoms in total. The fourth-order valence-corrected chi connectivity index (χ4v) is 4.38. The second-order valence-corrected chi connectivity index (χ2v) is 8.44. The van der Waals surface area contributed by atoms with Crippen molar-refractivity contribution in [2.24, 2.45) is 0 Å². The topological polar surface area (TPSA) is 123 Å². The van der Waals surface area contributed by atoms with Crippen molar-refractivity contribution < 1.29 is 24.4 Å². The van der Waals surface area contributed by atoms with Gasteiger partial charge in [0.1, 0.15) is 11.5 Å². The summed E-state index contributed by atoms with van der Waals surface area (Å²) in [6.45, 7) is 2.55. The number of nitrogens with zero attached hydrogens (tertiary/aromatic N) is 3. The fourth-order valence-electron chi connectivity index (χ4n) is 3.71. The molecule has 1 amide bonds. The molecule has 1 aliphatic heterocycles. The van der Waals surface area contributed by atoms with Crippen molar-refractivity contribution in [3.05, 3.63) is 86.9 Å². The van der Waals surface area contributed by atoms with E-state index in [9.17, 15) is 24.8 Å². The lowest BCUT2D eigenvalue weighted by molar-refractivity contribution is -0.384. The number of hydrogen-bond donors (Lipinski definition) is 1. The zero-order valence-electron chi connectivity index (χ0n) is 18.2. The van der Waals surface area contributed by atoms with Crippen LogP contribution in [-0.2, 0) is 9.59 Å². The Bertz CT molecular complexity index is 1270. The summed E-state index contributed by atoms with van der Waals surface area (Å²) in [5.74, 6) is -1.65. The van der Waals surface area contributed by atoms with Crippen molar-refractivity contribution in [3.8, 4) is 5.75 Å². The normalized spacial score (nSPS) is 17.2. The van der Waals surface area contributed by atoms with Crippen molar-refractivity contribution in [3.63, 3.8) is 0 Å². The van der Waals surface area contributed by atoms with E-state index in [-0.39, 0.29) is 16.4 Å². The average molecular weight is 480 g/mol. The van der Waals surface area contributed by atoms with Gasteiger partial charge in [0, 0.05) is 29.3 Å². The molecule has 0 radical (unpaired) electrons. The van der Waals surface area contributed by atoms with E-state index in [0.717, 1.165) is 24.2 Å².